The van der Waals surface area contributed by atoms with Gasteiger partial charge in [-0.3, -0.25) is 0 Å². The van der Waals surface area contributed by atoms with Crippen LogP contribution in [-0.4, -0.2) is 24.8 Å². The second-order valence-corrected chi connectivity index (χ2v) is 6.00. The number of nitrogens with zero attached hydrogens (tertiary/aromatic N) is 3. The number of halogens is 2. The van der Waals surface area contributed by atoms with E-state index < -0.39 is 5.92 Å². The highest BCUT2D eigenvalue weighted by Crippen LogP contribution is 2.34. The second-order valence-electron chi connectivity index (χ2n) is 5.59. The van der Waals surface area contributed by atoms with Gasteiger partial charge in [0.15, 0.2) is 0 Å². The second kappa shape index (κ2) is 7.94. The van der Waals surface area contributed by atoms with Crippen LogP contribution >= 0.6 is 11.6 Å². The molecule has 0 heterocycles. The number of rotatable bonds is 5. The summed E-state index contributed by atoms with van der Waals surface area (Å²) in [6.07, 6.45) is 1.72. The third-order valence-electron chi connectivity index (χ3n) is 3.87. The minimum absolute atomic E-state index is 0.324. The monoisotopic (exact) mass is 343 g/mol. The molecule has 0 aromatic heterocycles. The van der Waals surface area contributed by atoms with Gasteiger partial charge in [-0.05, 0) is 54.8 Å². The molecule has 0 aliphatic carbocycles. The molecular weight excluding hydrogens is 325 g/mol. The molecule has 0 aliphatic rings. The summed E-state index contributed by atoms with van der Waals surface area (Å²) in [5.74, 6) is -0.825. The Bertz CT molecular complexity index is 778. The average Bonchev–Trinajstić information content (AvgIpc) is 2.58. The van der Waals surface area contributed by atoms with Crippen molar-refractivity contribution in [3.63, 3.8) is 0 Å². The molecule has 24 heavy (non-hydrogen) atoms. The highest BCUT2D eigenvalue weighted by atomic mass is 35.5. The van der Waals surface area contributed by atoms with Crippen molar-refractivity contribution in [2.24, 2.45) is 4.99 Å². The van der Waals surface area contributed by atoms with Crippen LogP contribution in [0.25, 0.3) is 0 Å². The van der Waals surface area contributed by atoms with E-state index in [0.717, 1.165) is 23.2 Å². The molecule has 1 atom stereocenters. The lowest BCUT2D eigenvalue weighted by molar-refractivity contribution is 0.552. The number of hydrogen-bond donors (Lipinski definition) is 0. The van der Waals surface area contributed by atoms with Crippen molar-refractivity contribution < 1.29 is 4.39 Å². The molecular formula is C19H19ClFN3. The van der Waals surface area contributed by atoms with Crippen LogP contribution in [0.15, 0.2) is 41.4 Å². The van der Waals surface area contributed by atoms with Crippen molar-refractivity contribution in [2.75, 3.05) is 13.6 Å². The molecule has 0 saturated heterocycles. The first kappa shape index (κ1) is 18.0. The van der Waals surface area contributed by atoms with Crippen LogP contribution in [0, 0.1) is 24.1 Å². The minimum atomic E-state index is -0.501. The summed E-state index contributed by atoms with van der Waals surface area (Å²) in [6, 6.07) is 11.9. The lowest BCUT2D eigenvalue weighted by atomic mass is 9.89. The molecule has 0 N–H and O–H groups in total. The lowest BCUT2D eigenvalue weighted by Crippen LogP contribution is -2.14. The van der Waals surface area contributed by atoms with Gasteiger partial charge in [-0.2, -0.15) is 5.26 Å². The van der Waals surface area contributed by atoms with Gasteiger partial charge in [0, 0.05) is 13.6 Å². The highest BCUT2D eigenvalue weighted by Gasteiger charge is 2.17. The summed E-state index contributed by atoms with van der Waals surface area (Å²) in [4.78, 5) is 6.33. The number of aliphatic imine (C=N–C) groups is 1. The van der Waals surface area contributed by atoms with E-state index in [2.05, 4.69) is 11.1 Å². The van der Waals surface area contributed by atoms with Gasteiger partial charge >= 0.3 is 0 Å². The Hall–Kier alpha value is -2.38. The zero-order valence-corrected chi connectivity index (χ0v) is 14.7. The van der Waals surface area contributed by atoms with E-state index in [1.54, 1.807) is 24.5 Å². The van der Waals surface area contributed by atoms with Gasteiger partial charge in [0.2, 0.25) is 0 Å². The third kappa shape index (κ3) is 4.12. The molecule has 3 nitrogen and oxygen atoms in total. The molecule has 0 fully saturated rings. The van der Waals surface area contributed by atoms with E-state index in [-0.39, 0.29) is 5.82 Å². The molecule has 0 saturated carbocycles. The van der Waals surface area contributed by atoms with Crippen LogP contribution in [0.2, 0.25) is 5.02 Å². The zero-order chi connectivity index (χ0) is 17.7. The first-order chi connectivity index (χ1) is 11.5. The van der Waals surface area contributed by atoms with Gasteiger partial charge in [-0.1, -0.05) is 23.7 Å². The molecule has 0 spiro atoms. The molecule has 0 amide bonds. The smallest absolute Gasteiger partial charge is 0.123 e. The SMILES string of the molecule is CCN(C)C=Nc1cc(C)c(C(C#N)c2ccc(F)cc2)cc1Cl. The third-order valence-corrected chi connectivity index (χ3v) is 4.17. The van der Waals surface area contributed by atoms with Crippen LogP contribution in [0.1, 0.15) is 29.5 Å². The fourth-order valence-corrected chi connectivity index (χ4v) is 2.53. The van der Waals surface area contributed by atoms with Crippen molar-refractivity contribution >= 4 is 23.6 Å². The maximum Gasteiger partial charge on any atom is 0.123 e. The molecule has 2 rings (SSSR count). The Morgan fingerprint density at radius 3 is 2.58 bits per heavy atom. The zero-order valence-electron chi connectivity index (χ0n) is 13.9. The molecule has 2 aromatic carbocycles. The summed E-state index contributed by atoms with van der Waals surface area (Å²) in [5, 5.41) is 10.1. The number of aryl methyl sites for hydroxylation is 1. The normalized spacial score (nSPS) is 12.2. The van der Waals surface area contributed by atoms with Crippen molar-refractivity contribution in [3.8, 4) is 6.07 Å². The summed E-state index contributed by atoms with van der Waals surface area (Å²) < 4.78 is 13.1. The lowest BCUT2D eigenvalue weighted by Gasteiger charge is -2.15. The highest BCUT2D eigenvalue weighted by molar-refractivity contribution is 6.33. The minimum Gasteiger partial charge on any atom is -0.366 e. The molecule has 124 valence electrons. The maximum atomic E-state index is 13.1. The summed E-state index contributed by atoms with van der Waals surface area (Å²) in [5.41, 5.74) is 3.12. The first-order valence-electron chi connectivity index (χ1n) is 7.65. The fourth-order valence-electron chi connectivity index (χ4n) is 2.31. The van der Waals surface area contributed by atoms with Crippen LogP contribution in [0.4, 0.5) is 10.1 Å². The Kier molecular flexibility index (Phi) is 5.94. The molecule has 2 aromatic rings. The van der Waals surface area contributed by atoms with Gasteiger partial charge < -0.3 is 4.90 Å². The van der Waals surface area contributed by atoms with Gasteiger partial charge in [-0.15, -0.1) is 0 Å². The molecule has 0 radical (unpaired) electrons. The number of nitriles is 1. The van der Waals surface area contributed by atoms with E-state index in [9.17, 15) is 9.65 Å². The summed E-state index contributed by atoms with van der Waals surface area (Å²) in [7, 11) is 1.93. The van der Waals surface area contributed by atoms with Crippen molar-refractivity contribution in [2.45, 2.75) is 19.8 Å². The van der Waals surface area contributed by atoms with E-state index >= 15 is 0 Å². The van der Waals surface area contributed by atoms with Crippen molar-refractivity contribution in [1.82, 2.24) is 4.90 Å². The number of benzene rings is 2. The largest absolute Gasteiger partial charge is 0.366 e. The Morgan fingerprint density at radius 2 is 2.00 bits per heavy atom. The van der Waals surface area contributed by atoms with E-state index in [4.69, 9.17) is 11.6 Å². The van der Waals surface area contributed by atoms with Gasteiger partial charge in [-0.25, -0.2) is 9.38 Å². The Morgan fingerprint density at radius 1 is 1.33 bits per heavy atom. The van der Waals surface area contributed by atoms with Crippen LogP contribution in [-0.2, 0) is 0 Å². The van der Waals surface area contributed by atoms with E-state index in [1.807, 2.05) is 31.9 Å². The van der Waals surface area contributed by atoms with Gasteiger partial charge in [0.1, 0.15) is 5.82 Å². The molecule has 0 bridgehead atoms. The molecule has 5 heteroatoms. The Balaban J connectivity index is 2.40. The standard InChI is InChI=1S/C19H19ClFN3/c1-4-24(3)12-23-19-9-13(2)16(10-18(19)20)17(11-22)14-5-7-15(21)8-6-14/h5-10,12,17H,4H2,1-3H3. The van der Waals surface area contributed by atoms with Crippen LogP contribution in [0.5, 0.6) is 0 Å². The fraction of sp³-hybridized carbons (Fsp3) is 0.263. The predicted molar refractivity (Wildman–Crippen MR) is 96.5 cm³/mol. The first-order valence-corrected chi connectivity index (χ1v) is 8.03. The van der Waals surface area contributed by atoms with Gasteiger partial charge in [0.25, 0.3) is 0 Å². The van der Waals surface area contributed by atoms with Crippen molar-refractivity contribution in [1.29, 1.82) is 5.26 Å². The van der Waals surface area contributed by atoms with Gasteiger partial charge in [0.05, 0.1) is 29.0 Å². The van der Waals surface area contributed by atoms with Crippen LogP contribution in [0.3, 0.4) is 0 Å². The topological polar surface area (TPSA) is 39.4 Å². The maximum absolute atomic E-state index is 13.1. The van der Waals surface area contributed by atoms with Crippen molar-refractivity contribution in [3.05, 3.63) is 63.9 Å². The molecule has 1 unspecified atom stereocenters. The van der Waals surface area contributed by atoms with Crippen LogP contribution < -0.4 is 0 Å². The Labute approximate surface area is 147 Å². The van der Waals surface area contributed by atoms with E-state index in [1.165, 1.54) is 12.1 Å². The predicted octanol–water partition coefficient (Wildman–Crippen LogP) is 5.05. The molecule has 0 aliphatic heterocycles. The summed E-state index contributed by atoms with van der Waals surface area (Å²) >= 11 is 6.34. The van der Waals surface area contributed by atoms with E-state index in [0.29, 0.717) is 10.7 Å². The summed E-state index contributed by atoms with van der Waals surface area (Å²) in [6.45, 7) is 4.80. The average molecular weight is 344 g/mol. The quantitative estimate of drug-likeness (QED) is 0.562. The number of hydrogen-bond acceptors (Lipinski definition) is 2.